The van der Waals surface area contributed by atoms with Gasteiger partial charge in [0.1, 0.15) is 0 Å². The molecule has 1 amide bonds. The summed E-state index contributed by atoms with van der Waals surface area (Å²) in [6.45, 7) is 9.46. The fraction of sp³-hybridized carbons (Fsp3) is 0.929. The molecule has 4 heteroatoms. The molecule has 4 nitrogen and oxygen atoms in total. The summed E-state index contributed by atoms with van der Waals surface area (Å²) in [6.07, 6.45) is 2.12. The maximum Gasteiger partial charge on any atom is 0.241 e. The SMILES string of the molecule is CCC1NC(CC(C)C)N(CC(C)N(C)C)C1=O. The van der Waals surface area contributed by atoms with E-state index < -0.39 is 0 Å². The third-order valence-electron chi connectivity index (χ3n) is 3.80. The standard InChI is InChI=1S/C14H29N3O/c1-7-12-14(18)17(9-11(4)16(5)6)13(15-12)8-10(2)3/h10-13,15H,7-9H2,1-6H3. The molecule has 3 unspecified atom stereocenters. The second kappa shape index (κ2) is 6.53. The minimum Gasteiger partial charge on any atom is -0.324 e. The van der Waals surface area contributed by atoms with Gasteiger partial charge in [-0.05, 0) is 39.8 Å². The fourth-order valence-corrected chi connectivity index (χ4v) is 2.35. The van der Waals surface area contributed by atoms with Gasteiger partial charge in [0.15, 0.2) is 0 Å². The van der Waals surface area contributed by atoms with Gasteiger partial charge in [-0.2, -0.15) is 0 Å². The first-order chi connectivity index (χ1) is 8.36. The lowest BCUT2D eigenvalue weighted by molar-refractivity contribution is -0.130. The highest BCUT2D eigenvalue weighted by atomic mass is 16.2. The minimum absolute atomic E-state index is 0.0168. The van der Waals surface area contributed by atoms with Gasteiger partial charge in [-0.1, -0.05) is 20.8 Å². The van der Waals surface area contributed by atoms with Gasteiger partial charge >= 0.3 is 0 Å². The van der Waals surface area contributed by atoms with E-state index in [2.05, 4.69) is 52.0 Å². The van der Waals surface area contributed by atoms with Crippen LogP contribution in [0.3, 0.4) is 0 Å². The smallest absolute Gasteiger partial charge is 0.241 e. The second-order valence-electron chi connectivity index (χ2n) is 6.08. The van der Waals surface area contributed by atoms with Gasteiger partial charge in [0.05, 0.1) is 12.2 Å². The third kappa shape index (κ3) is 3.69. The van der Waals surface area contributed by atoms with E-state index in [1.54, 1.807) is 0 Å². The normalized spacial score (nSPS) is 26.4. The molecule has 0 aliphatic carbocycles. The Balaban J connectivity index is 2.72. The predicted octanol–water partition coefficient (Wildman–Crippen LogP) is 1.52. The molecule has 1 saturated heterocycles. The number of rotatable bonds is 6. The van der Waals surface area contributed by atoms with Crippen LogP contribution in [0, 0.1) is 5.92 Å². The highest BCUT2D eigenvalue weighted by Gasteiger charge is 2.38. The minimum atomic E-state index is 0.0168. The largest absolute Gasteiger partial charge is 0.324 e. The summed E-state index contributed by atoms with van der Waals surface area (Å²) in [7, 11) is 4.13. The summed E-state index contributed by atoms with van der Waals surface area (Å²) >= 11 is 0. The molecular weight excluding hydrogens is 226 g/mol. The molecule has 0 aromatic rings. The van der Waals surface area contributed by atoms with Gasteiger partial charge in [0, 0.05) is 12.6 Å². The molecule has 0 spiro atoms. The Morgan fingerprint density at radius 2 is 1.94 bits per heavy atom. The average Bonchev–Trinajstić information content (AvgIpc) is 2.56. The van der Waals surface area contributed by atoms with Crippen LogP contribution in [0.25, 0.3) is 0 Å². The van der Waals surface area contributed by atoms with Crippen LogP contribution in [0.1, 0.15) is 40.5 Å². The number of hydrogen-bond acceptors (Lipinski definition) is 3. The van der Waals surface area contributed by atoms with Gasteiger partial charge in [0.2, 0.25) is 5.91 Å². The average molecular weight is 255 g/mol. The maximum absolute atomic E-state index is 12.3. The summed E-state index contributed by atoms with van der Waals surface area (Å²) in [5.41, 5.74) is 0. The Morgan fingerprint density at radius 3 is 2.39 bits per heavy atom. The highest BCUT2D eigenvalue weighted by molar-refractivity contribution is 5.84. The zero-order chi connectivity index (χ0) is 13.9. The van der Waals surface area contributed by atoms with Crippen LogP contribution < -0.4 is 5.32 Å². The fourth-order valence-electron chi connectivity index (χ4n) is 2.35. The van der Waals surface area contributed by atoms with Gasteiger partial charge in [0.25, 0.3) is 0 Å². The monoisotopic (exact) mass is 255 g/mol. The number of carbonyl (C=O) groups excluding carboxylic acids is 1. The van der Waals surface area contributed by atoms with Crippen molar-refractivity contribution in [1.82, 2.24) is 15.1 Å². The number of nitrogens with zero attached hydrogens (tertiary/aromatic N) is 2. The molecule has 1 aliphatic heterocycles. The molecule has 0 aromatic heterocycles. The van der Waals surface area contributed by atoms with Gasteiger partial charge in [-0.3, -0.25) is 10.1 Å². The maximum atomic E-state index is 12.3. The van der Waals surface area contributed by atoms with E-state index >= 15 is 0 Å². The zero-order valence-corrected chi connectivity index (χ0v) is 12.7. The number of likely N-dealkylation sites (N-methyl/N-ethyl adjacent to an activating group) is 1. The molecule has 0 bridgehead atoms. The molecule has 1 aliphatic rings. The zero-order valence-electron chi connectivity index (χ0n) is 12.7. The second-order valence-corrected chi connectivity index (χ2v) is 6.08. The lowest BCUT2D eigenvalue weighted by Crippen LogP contribution is -2.45. The van der Waals surface area contributed by atoms with Crippen LogP contribution in [0.5, 0.6) is 0 Å². The number of nitrogens with one attached hydrogen (secondary N) is 1. The Hall–Kier alpha value is -0.610. The van der Waals surface area contributed by atoms with Crippen LogP contribution >= 0.6 is 0 Å². The van der Waals surface area contributed by atoms with Crippen molar-refractivity contribution >= 4 is 5.91 Å². The summed E-state index contributed by atoms with van der Waals surface area (Å²) in [6, 6.07) is 0.407. The van der Waals surface area contributed by atoms with Gasteiger partial charge in [-0.15, -0.1) is 0 Å². The van der Waals surface area contributed by atoms with Crippen LogP contribution in [-0.4, -0.2) is 54.6 Å². The molecule has 3 atom stereocenters. The van der Waals surface area contributed by atoms with E-state index in [-0.39, 0.29) is 18.1 Å². The third-order valence-corrected chi connectivity index (χ3v) is 3.80. The summed E-state index contributed by atoms with van der Waals surface area (Å²) in [5.74, 6) is 0.875. The molecule has 1 rings (SSSR count). The number of hydrogen-bond donors (Lipinski definition) is 1. The Morgan fingerprint density at radius 1 is 1.33 bits per heavy atom. The van der Waals surface area contributed by atoms with Crippen molar-refractivity contribution < 1.29 is 4.79 Å². The van der Waals surface area contributed by atoms with E-state index in [4.69, 9.17) is 0 Å². The first kappa shape index (κ1) is 15.4. The van der Waals surface area contributed by atoms with Crippen molar-refractivity contribution in [3.05, 3.63) is 0 Å². The van der Waals surface area contributed by atoms with Crippen LogP contribution in [-0.2, 0) is 4.79 Å². The lowest BCUT2D eigenvalue weighted by atomic mass is 10.1. The topological polar surface area (TPSA) is 35.6 Å². The Kier molecular flexibility index (Phi) is 5.60. The summed E-state index contributed by atoms with van der Waals surface area (Å²) < 4.78 is 0. The summed E-state index contributed by atoms with van der Waals surface area (Å²) in [4.78, 5) is 16.5. The lowest BCUT2D eigenvalue weighted by Gasteiger charge is -2.30. The van der Waals surface area contributed by atoms with Gasteiger partial charge < -0.3 is 9.80 Å². The van der Waals surface area contributed by atoms with E-state index in [0.717, 1.165) is 19.4 Å². The molecule has 0 saturated carbocycles. The van der Waals surface area contributed by atoms with Crippen molar-refractivity contribution in [1.29, 1.82) is 0 Å². The molecule has 0 aromatic carbocycles. The quantitative estimate of drug-likeness (QED) is 0.781. The van der Waals surface area contributed by atoms with Gasteiger partial charge in [-0.25, -0.2) is 0 Å². The molecule has 18 heavy (non-hydrogen) atoms. The predicted molar refractivity (Wildman–Crippen MR) is 75.3 cm³/mol. The van der Waals surface area contributed by atoms with Crippen LogP contribution in [0.15, 0.2) is 0 Å². The van der Waals surface area contributed by atoms with E-state index in [1.165, 1.54) is 0 Å². The van der Waals surface area contributed by atoms with Crippen molar-refractivity contribution in [2.75, 3.05) is 20.6 Å². The molecule has 0 radical (unpaired) electrons. The van der Waals surface area contributed by atoms with E-state index in [9.17, 15) is 4.79 Å². The number of carbonyl (C=O) groups is 1. The molecule has 1 heterocycles. The first-order valence-electron chi connectivity index (χ1n) is 7.09. The molecule has 1 fully saturated rings. The molecular formula is C14H29N3O. The first-order valence-corrected chi connectivity index (χ1v) is 7.09. The van der Waals surface area contributed by atoms with Crippen LogP contribution in [0.2, 0.25) is 0 Å². The molecule has 1 N–H and O–H groups in total. The Labute approximate surface area is 112 Å². The van der Waals surface area contributed by atoms with Crippen molar-refractivity contribution in [3.63, 3.8) is 0 Å². The van der Waals surface area contributed by atoms with Crippen molar-refractivity contribution in [2.24, 2.45) is 5.92 Å². The highest BCUT2D eigenvalue weighted by Crippen LogP contribution is 2.20. The van der Waals surface area contributed by atoms with E-state index in [1.807, 2.05) is 4.90 Å². The molecule has 106 valence electrons. The summed E-state index contributed by atoms with van der Waals surface area (Å²) in [5, 5.41) is 3.47. The van der Waals surface area contributed by atoms with E-state index in [0.29, 0.717) is 12.0 Å². The number of amides is 1. The van der Waals surface area contributed by atoms with Crippen LogP contribution in [0.4, 0.5) is 0 Å². The Bertz CT molecular complexity index is 278. The van der Waals surface area contributed by atoms with Crippen molar-refractivity contribution in [2.45, 2.75) is 58.8 Å². The van der Waals surface area contributed by atoms with Crippen molar-refractivity contribution in [3.8, 4) is 0 Å².